The Morgan fingerprint density at radius 2 is 1.80 bits per heavy atom. The molecule has 0 fully saturated rings. The first kappa shape index (κ1) is 21.0. The van der Waals surface area contributed by atoms with Gasteiger partial charge in [-0.25, -0.2) is 0 Å². The van der Waals surface area contributed by atoms with Gasteiger partial charge in [-0.15, -0.1) is 0 Å². The van der Waals surface area contributed by atoms with E-state index in [-0.39, 0.29) is 25.4 Å². The van der Waals surface area contributed by atoms with Crippen LogP contribution in [-0.2, 0) is 19.1 Å². The smallest absolute Gasteiger partial charge is 0.316 e. The standard InChI is InChI=1S/C18H23ClO6/c1-4-24-16(20)8-6-7-13(18(22)25-5-2)17(21)12-9-10-14(19)15(11-12)23-3/h9-11,13H,4-8H2,1-3H3. The molecule has 138 valence electrons. The van der Waals surface area contributed by atoms with Crippen molar-refractivity contribution in [3.05, 3.63) is 28.8 Å². The zero-order chi connectivity index (χ0) is 18.8. The van der Waals surface area contributed by atoms with Crippen LogP contribution in [0.15, 0.2) is 18.2 Å². The van der Waals surface area contributed by atoms with Gasteiger partial charge in [0.2, 0.25) is 0 Å². The van der Waals surface area contributed by atoms with Gasteiger partial charge >= 0.3 is 11.9 Å². The first-order valence-electron chi connectivity index (χ1n) is 8.14. The van der Waals surface area contributed by atoms with E-state index in [1.165, 1.54) is 25.3 Å². The van der Waals surface area contributed by atoms with Gasteiger partial charge in [0, 0.05) is 12.0 Å². The highest BCUT2D eigenvalue weighted by Crippen LogP contribution is 2.27. The van der Waals surface area contributed by atoms with Crippen molar-refractivity contribution in [2.45, 2.75) is 33.1 Å². The van der Waals surface area contributed by atoms with Crippen LogP contribution < -0.4 is 4.74 Å². The lowest BCUT2D eigenvalue weighted by Crippen LogP contribution is -2.26. The number of hydrogen-bond acceptors (Lipinski definition) is 6. The van der Waals surface area contributed by atoms with Gasteiger partial charge in [-0.2, -0.15) is 0 Å². The third-order valence-corrected chi connectivity index (χ3v) is 3.81. The van der Waals surface area contributed by atoms with Crippen LogP contribution in [-0.4, -0.2) is 38.0 Å². The molecule has 0 heterocycles. The molecular weight excluding hydrogens is 348 g/mol. The first-order valence-corrected chi connectivity index (χ1v) is 8.52. The second-order valence-electron chi connectivity index (χ2n) is 5.22. The number of halogens is 1. The van der Waals surface area contributed by atoms with Crippen LogP contribution in [0.5, 0.6) is 5.75 Å². The topological polar surface area (TPSA) is 78.9 Å². The summed E-state index contributed by atoms with van der Waals surface area (Å²) in [5, 5.41) is 0.369. The van der Waals surface area contributed by atoms with Crippen LogP contribution in [0.25, 0.3) is 0 Å². The number of Topliss-reactive ketones (excluding diaryl/α,β-unsaturated/α-hetero) is 1. The highest BCUT2D eigenvalue weighted by Gasteiger charge is 2.29. The number of hydrogen-bond donors (Lipinski definition) is 0. The molecule has 1 aromatic rings. The van der Waals surface area contributed by atoms with Gasteiger partial charge in [0.25, 0.3) is 0 Å². The van der Waals surface area contributed by atoms with E-state index in [1.807, 2.05) is 0 Å². The lowest BCUT2D eigenvalue weighted by atomic mass is 9.92. The van der Waals surface area contributed by atoms with Gasteiger partial charge in [0.05, 0.1) is 25.3 Å². The second-order valence-corrected chi connectivity index (χ2v) is 5.62. The van der Waals surface area contributed by atoms with Gasteiger partial charge in [-0.3, -0.25) is 14.4 Å². The molecule has 0 aromatic heterocycles. The van der Waals surface area contributed by atoms with Crippen molar-refractivity contribution < 1.29 is 28.6 Å². The van der Waals surface area contributed by atoms with Crippen molar-refractivity contribution in [1.82, 2.24) is 0 Å². The molecule has 25 heavy (non-hydrogen) atoms. The predicted molar refractivity (Wildman–Crippen MR) is 92.9 cm³/mol. The fourth-order valence-electron chi connectivity index (χ4n) is 2.30. The molecule has 0 saturated heterocycles. The van der Waals surface area contributed by atoms with Crippen molar-refractivity contribution in [3.8, 4) is 5.75 Å². The molecule has 0 amide bonds. The molecule has 7 heteroatoms. The van der Waals surface area contributed by atoms with E-state index >= 15 is 0 Å². The summed E-state index contributed by atoms with van der Waals surface area (Å²) in [6.07, 6.45) is 0.682. The minimum absolute atomic E-state index is 0.140. The molecule has 0 N–H and O–H groups in total. The van der Waals surface area contributed by atoms with Gasteiger partial charge in [-0.1, -0.05) is 11.6 Å². The number of esters is 2. The molecule has 0 radical (unpaired) electrons. The molecular formula is C18H23ClO6. The van der Waals surface area contributed by atoms with Crippen LogP contribution in [0.1, 0.15) is 43.5 Å². The Balaban J connectivity index is 2.89. The highest BCUT2D eigenvalue weighted by atomic mass is 35.5. The molecule has 0 bridgehead atoms. The number of carbonyl (C=O) groups is 3. The zero-order valence-corrected chi connectivity index (χ0v) is 15.4. The Morgan fingerprint density at radius 3 is 2.40 bits per heavy atom. The Kier molecular flexibility index (Phi) is 8.99. The lowest BCUT2D eigenvalue weighted by molar-refractivity contribution is -0.147. The summed E-state index contributed by atoms with van der Waals surface area (Å²) in [6, 6.07) is 4.56. The molecule has 0 spiro atoms. The molecule has 0 aliphatic carbocycles. The molecule has 0 aliphatic heterocycles. The average molecular weight is 371 g/mol. The number of benzene rings is 1. The van der Waals surface area contributed by atoms with Crippen molar-refractivity contribution in [2.24, 2.45) is 5.92 Å². The van der Waals surface area contributed by atoms with Crippen LogP contribution in [0.2, 0.25) is 5.02 Å². The quantitative estimate of drug-likeness (QED) is 0.356. The maximum absolute atomic E-state index is 12.7. The fourth-order valence-corrected chi connectivity index (χ4v) is 2.49. The van der Waals surface area contributed by atoms with Crippen molar-refractivity contribution in [3.63, 3.8) is 0 Å². The van der Waals surface area contributed by atoms with Crippen molar-refractivity contribution in [2.75, 3.05) is 20.3 Å². The Bertz CT molecular complexity index is 614. The zero-order valence-electron chi connectivity index (χ0n) is 14.7. The third-order valence-electron chi connectivity index (χ3n) is 3.50. The van der Waals surface area contributed by atoms with Crippen molar-refractivity contribution in [1.29, 1.82) is 0 Å². The molecule has 1 unspecified atom stereocenters. The Hall–Kier alpha value is -2.08. The minimum Gasteiger partial charge on any atom is -0.495 e. The summed E-state index contributed by atoms with van der Waals surface area (Å²) >= 11 is 5.96. The van der Waals surface area contributed by atoms with Crippen LogP contribution in [0, 0.1) is 5.92 Å². The van der Waals surface area contributed by atoms with E-state index in [0.717, 1.165) is 0 Å². The first-order chi connectivity index (χ1) is 11.9. The van der Waals surface area contributed by atoms with E-state index in [0.29, 0.717) is 29.4 Å². The fraction of sp³-hybridized carbons (Fsp3) is 0.500. The Labute approximate surface area is 152 Å². The van der Waals surface area contributed by atoms with E-state index in [4.69, 9.17) is 25.8 Å². The summed E-state index contributed by atoms with van der Waals surface area (Å²) in [6.45, 7) is 3.86. The van der Waals surface area contributed by atoms with Crippen molar-refractivity contribution >= 4 is 29.3 Å². The van der Waals surface area contributed by atoms with Crippen LogP contribution in [0.3, 0.4) is 0 Å². The Morgan fingerprint density at radius 1 is 1.12 bits per heavy atom. The summed E-state index contributed by atoms with van der Waals surface area (Å²) in [7, 11) is 1.44. The molecule has 1 aromatic carbocycles. The average Bonchev–Trinajstić information content (AvgIpc) is 2.59. The molecule has 0 saturated carbocycles. The third kappa shape index (κ3) is 6.38. The van der Waals surface area contributed by atoms with E-state index in [1.54, 1.807) is 13.8 Å². The maximum atomic E-state index is 12.7. The van der Waals surface area contributed by atoms with Crippen LogP contribution >= 0.6 is 11.6 Å². The summed E-state index contributed by atoms with van der Waals surface area (Å²) < 4.78 is 14.9. The van der Waals surface area contributed by atoms with E-state index < -0.39 is 17.7 Å². The molecule has 6 nitrogen and oxygen atoms in total. The van der Waals surface area contributed by atoms with Gasteiger partial charge in [-0.05, 0) is 44.9 Å². The van der Waals surface area contributed by atoms with Crippen LogP contribution in [0.4, 0.5) is 0 Å². The summed E-state index contributed by atoms with van der Waals surface area (Å²) in [4.78, 5) is 36.3. The van der Waals surface area contributed by atoms with E-state index in [9.17, 15) is 14.4 Å². The number of rotatable bonds is 10. The lowest BCUT2D eigenvalue weighted by Gasteiger charge is -2.15. The number of methoxy groups -OCH3 is 1. The minimum atomic E-state index is -0.986. The largest absolute Gasteiger partial charge is 0.495 e. The number of ketones is 1. The van der Waals surface area contributed by atoms with Gasteiger partial charge in [0.15, 0.2) is 5.78 Å². The molecule has 1 rings (SSSR count). The SMILES string of the molecule is CCOC(=O)CCCC(C(=O)OCC)C(=O)c1ccc(Cl)c(OC)c1. The van der Waals surface area contributed by atoms with E-state index in [2.05, 4.69) is 0 Å². The monoisotopic (exact) mass is 370 g/mol. The van der Waals surface area contributed by atoms with Gasteiger partial charge in [0.1, 0.15) is 11.7 Å². The molecule has 1 atom stereocenters. The highest BCUT2D eigenvalue weighted by molar-refractivity contribution is 6.32. The second kappa shape index (κ2) is 10.7. The number of ether oxygens (including phenoxy) is 3. The molecule has 0 aliphatic rings. The summed E-state index contributed by atoms with van der Waals surface area (Å²) in [5.74, 6) is -1.99. The normalized spacial score (nSPS) is 11.5. The summed E-state index contributed by atoms with van der Waals surface area (Å²) in [5.41, 5.74) is 0.301. The number of carbonyl (C=O) groups excluding carboxylic acids is 3. The van der Waals surface area contributed by atoms with Gasteiger partial charge < -0.3 is 14.2 Å². The maximum Gasteiger partial charge on any atom is 0.316 e. The predicted octanol–water partition coefficient (Wildman–Crippen LogP) is 3.44.